The number of nitrogens with zero attached hydrogens (tertiary/aromatic N) is 4. The lowest BCUT2D eigenvalue weighted by Crippen LogP contribution is -2.31. The fourth-order valence-corrected chi connectivity index (χ4v) is 2.40. The van der Waals surface area contributed by atoms with Gasteiger partial charge in [-0.2, -0.15) is 5.21 Å². The van der Waals surface area contributed by atoms with Crippen LogP contribution in [0.25, 0.3) is 0 Å². The Morgan fingerprint density at radius 1 is 1.38 bits per heavy atom. The summed E-state index contributed by atoms with van der Waals surface area (Å²) in [6.07, 6.45) is 0. The van der Waals surface area contributed by atoms with E-state index in [2.05, 4.69) is 25.9 Å². The van der Waals surface area contributed by atoms with Crippen LogP contribution in [0, 0.1) is 0 Å². The van der Waals surface area contributed by atoms with Crippen LogP contribution >= 0.6 is 0 Å². The number of methoxy groups -OCH3 is 1. The number of aliphatic hydroxyl groups excluding tert-OH is 1. The molecule has 0 radical (unpaired) electrons. The number of nitrogens with one attached hydrogen (secondary N) is 2. The average Bonchev–Trinajstić information content (AvgIpc) is 3.26. The summed E-state index contributed by atoms with van der Waals surface area (Å²) in [4.78, 5) is 25.7. The molecular formula is C15H16N6O5. The zero-order valence-electron chi connectivity index (χ0n) is 13.8. The van der Waals surface area contributed by atoms with Crippen molar-refractivity contribution in [1.82, 2.24) is 25.5 Å². The molecule has 1 aliphatic heterocycles. The minimum absolute atomic E-state index is 0.0759. The van der Waals surface area contributed by atoms with Crippen molar-refractivity contribution in [2.24, 2.45) is 0 Å². The van der Waals surface area contributed by atoms with Crippen LogP contribution in [0.3, 0.4) is 0 Å². The summed E-state index contributed by atoms with van der Waals surface area (Å²) in [6.45, 7) is 0.00496. The molecule has 3 N–H and O–H groups in total. The molecule has 0 unspecified atom stereocenters. The summed E-state index contributed by atoms with van der Waals surface area (Å²) in [6, 6.07) is 6.69. The van der Waals surface area contributed by atoms with Crippen molar-refractivity contribution in [3.8, 4) is 11.8 Å². The van der Waals surface area contributed by atoms with E-state index >= 15 is 0 Å². The molecule has 0 saturated carbocycles. The second-order valence-electron chi connectivity index (χ2n) is 5.24. The fourth-order valence-electron chi connectivity index (χ4n) is 2.40. The van der Waals surface area contributed by atoms with Gasteiger partial charge in [-0.25, -0.2) is 4.79 Å². The summed E-state index contributed by atoms with van der Waals surface area (Å²) in [5.41, 5.74) is 0.899. The molecule has 1 amide bonds. The van der Waals surface area contributed by atoms with E-state index in [1.807, 2.05) is 0 Å². The standard InChI is InChI=1S/C15H16N6O5/c1-25-14(24)11-8-21(6-7-22)13(23)12(11)16-9-2-4-10(5-3-9)26-15-17-19-20-18-15/h2-5,16,22H,6-8H2,1H3,(H,17,18,19,20). The molecule has 0 saturated heterocycles. The molecular weight excluding hydrogens is 344 g/mol. The Hall–Kier alpha value is -3.47. The quantitative estimate of drug-likeness (QED) is 0.565. The van der Waals surface area contributed by atoms with Crippen molar-refractivity contribution in [1.29, 1.82) is 0 Å². The van der Waals surface area contributed by atoms with Gasteiger partial charge >= 0.3 is 12.0 Å². The molecule has 2 aromatic rings. The van der Waals surface area contributed by atoms with Crippen molar-refractivity contribution in [3.63, 3.8) is 0 Å². The Morgan fingerprint density at radius 2 is 2.15 bits per heavy atom. The lowest BCUT2D eigenvalue weighted by atomic mass is 10.2. The summed E-state index contributed by atoms with van der Waals surface area (Å²) in [7, 11) is 1.25. The molecule has 1 aromatic heterocycles. The Morgan fingerprint density at radius 3 is 2.77 bits per heavy atom. The van der Waals surface area contributed by atoms with Crippen molar-refractivity contribution >= 4 is 17.6 Å². The number of tetrazole rings is 1. The van der Waals surface area contributed by atoms with Crippen molar-refractivity contribution in [3.05, 3.63) is 35.5 Å². The van der Waals surface area contributed by atoms with Crippen LogP contribution in [0.1, 0.15) is 0 Å². The van der Waals surface area contributed by atoms with Crippen LogP contribution in [0.15, 0.2) is 35.5 Å². The number of carbonyl (C=O) groups excluding carboxylic acids is 2. The fraction of sp³-hybridized carbons (Fsp3) is 0.267. The molecule has 0 bridgehead atoms. The van der Waals surface area contributed by atoms with Crippen LogP contribution in [0.2, 0.25) is 0 Å². The third-order valence-electron chi connectivity index (χ3n) is 3.61. The highest BCUT2D eigenvalue weighted by atomic mass is 16.5. The average molecular weight is 360 g/mol. The normalized spacial score (nSPS) is 13.9. The first kappa shape index (κ1) is 17.4. The Kier molecular flexibility index (Phi) is 5.08. The first-order valence-corrected chi connectivity index (χ1v) is 7.62. The number of H-pyrrole nitrogens is 1. The van der Waals surface area contributed by atoms with E-state index in [0.717, 1.165) is 0 Å². The predicted octanol–water partition coefficient (Wildman–Crippen LogP) is -0.335. The smallest absolute Gasteiger partial charge is 0.361 e. The molecule has 11 nitrogen and oxygen atoms in total. The number of hydrogen-bond donors (Lipinski definition) is 3. The van der Waals surface area contributed by atoms with E-state index in [0.29, 0.717) is 11.4 Å². The van der Waals surface area contributed by atoms with Gasteiger partial charge in [-0.05, 0) is 29.5 Å². The number of carbonyl (C=O) groups is 2. The number of hydrogen-bond acceptors (Lipinski definition) is 9. The summed E-state index contributed by atoms with van der Waals surface area (Å²) >= 11 is 0. The van der Waals surface area contributed by atoms with Crippen LogP contribution in [-0.4, -0.2) is 69.3 Å². The SMILES string of the molecule is COC(=O)C1=C(Nc2ccc(Oc3nn[nH]n3)cc2)C(=O)N(CCO)C1. The largest absolute Gasteiger partial charge is 0.466 e. The Labute approximate surface area is 147 Å². The number of β-amino-alcohol motifs (C(OH)–C–C–N with tert-alkyl or cyclic N) is 1. The van der Waals surface area contributed by atoms with Crippen LogP contribution in [0.4, 0.5) is 5.69 Å². The van der Waals surface area contributed by atoms with Gasteiger partial charge in [-0.1, -0.05) is 10.2 Å². The van der Waals surface area contributed by atoms with Gasteiger partial charge in [-0.15, -0.1) is 0 Å². The Bertz CT molecular complexity index is 818. The van der Waals surface area contributed by atoms with E-state index in [1.165, 1.54) is 12.0 Å². The van der Waals surface area contributed by atoms with Crippen molar-refractivity contribution in [2.75, 3.05) is 32.1 Å². The molecule has 11 heteroatoms. The van der Waals surface area contributed by atoms with Gasteiger partial charge in [0.2, 0.25) is 0 Å². The van der Waals surface area contributed by atoms with E-state index in [1.54, 1.807) is 24.3 Å². The molecule has 0 fully saturated rings. The predicted molar refractivity (Wildman–Crippen MR) is 87.0 cm³/mol. The van der Waals surface area contributed by atoms with Gasteiger partial charge in [0, 0.05) is 12.2 Å². The van der Waals surface area contributed by atoms with Crippen LogP contribution < -0.4 is 10.1 Å². The van der Waals surface area contributed by atoms with E-state index in [9.17, 15) is 9.59 Å². The second-order valence-corrected chi connectivity index (χ2v) is 5.24. The molecule has 136 valence electrons. The van der Waals surface area contributed by atoms with Gasteiger partial charge < -0.3 is 24.8 Å². The number of esters is 1. The molecule has 0 aliphatic carbocycles. The molecule has 1 aromatic carbocycles. The summed E-state index contributed by atoms with van der Waals surface area (Å²) in [5, 5.41) is 25.0. The third-order valence-corrected chi connectivity index (χ3v) is 3.61. The zero-order valence-corrected chi connectivity index (χ0v) is 13.8. The van der Waals surface area contributed by atoms with Crippen LogP contribution in [0.5, 0.6) is 11.8 Å². The molecule has 2 heterocycles. The van der Waals surface area contributed by atoms with Gasteiger partial charge in [-0.3, -0.25) is 4.79 Å². The minimum Gasteiger partial charge on any atom is -0.466 e. The lowest BCUT2D eigenvalue weighted by molar-refractivity contribution is -0.136. The van der Waals surface area contributed by atoms with Gasteiger partial charge in [0.05, 0.1) is 25.8 Å². The van der Waals surface area contributed by atoms with Crippen LogP contribution in [-0.2, 0) is 14.3 Å². The minimum atomic E-state index is -0.599. The molecule has 1 aliphatic rings. The first-order valence-electron chi connectivity index (χ1n) is 7.62. The highest BCUT2D eigenvalue weighted by molar-refractivity contribution is 6.08. The number of benzene rings is 1. The number of aromatic nitrogens is 4. The van der Waals surface area contributed by atoms with E-state index in [4.69, 9.17) is 14.6 Å². The number of anilines is 1. The van der Waals surface area contributed by atoms with Crippen molar-refractivity contribution in [2.45, 2.75) is 0 Å². The maximum absolute atomic E-state index is 12.4. The second kappa shape index (κ2) is 7.61. The lowest BCUT2D eigenvalue weighted by Gasteiger charge is -2.15. The first-order chi connectivity index (χ1) is 12.6. The van der Waals surface area contributed by atoms with E-state index < -0.39 is 5.97 Å². The molecule has 0 atom stereocenters. The highest BCUT2D eigenvalue weighted by Crippen LogP contribution is 2.25. The van der Waals surface area contributed by atoms with Gasteiger partial charge in [0.25, 0.3) is 5.91 Å². The summed E-state index contributed by atoms with van der Waals surface area (Å²) < 4.78 is 10.1. The monoisotopic (exact) mass is 360 g/mol. The number of aliphatic hydroxyl groups is 1. The van der Waals surface area contributed by atoms with E-state index in [-0.39, 0.29) is 42.9 Å². The molecule has 26 heavy (non-hydrogen) atoms. The topological polar surface area (TPSA) is 143 Å². The van der Waals surface area contributed by atoms with Gasteiger partial charge in [0.15, 0.2) is 0 Å². The maximum Gasteiger partial charge on any atom is 0.361 e. The zero-order chi connectivity index (χ0) is 18.5. The molecule has 3 rings (SSSR count). The number of rotatable bonds is 7. The summed E-state index contributed by atoms with van der Waals surface area (Å²) in [5.74, 6) is -0.510. The van der Waals surface area contributed by atoms with Gasteiger partial charge in [0.1, 0.15) is 11.4 Å². The third kappa shape index (κ3) is 3.62. The molecule has 0 spiro atoms. The maximum atomic E-state index is 12.4. The highest BCUT2D eigenvalue weighted by Gasteiger charge is 2.34. The number of ether oxygens (including phenoxy) is 2. The van der Waals surface area contributed by atoms with Crippen molar-refractivity contribution < 1.29 is 24.2 Å². The number of aromatic amines is 1. The number of amides is 1. The Balaban J connectivity index is 1.76.